The normalized spacial score (nSPS) is 18.5. The third-order valence-corrected chi connectivity index (χ3v) is 8.73. The molecular weight excluding hydrogens is 573 g/mol. The van der Waals surface area contributed by atoms with Crippen molar-refractivity contribution in [3.8, 4) is 28.5 Å². The van der Waals surface area contributed by atoms with E-state index in [0.717, 1.165) is 51.6 Å². The lowest BCUT2D eigenvalue weighted by atomic mass is 10.0. The molecule has 11 heteroatoms. The Balaban J connectivity index is 1.30. The number of piperidine rings is 1. The molecule has 5 aromatic rings. The van der Waals surface area contributed by atoms with Gasteiger partial charge in [0.05, 0.1) is 30.6 Å². The number of ether oxygens (including phenoxy) is 1. The van der Waals surface area contributed by atoms with E-state index in [1.54, 1.807) is 19.2 Å². The maximum atomic E-state index is 14.3. The third-order valence-electron chi connectivity index (χ3n) is 8.73. The van der Waals surface area contributed by atoms with E-state index < -0.39 is 12.2 Å². The highest BCUT2D eigenvalue weighted by atomic mass is 19.1. The summed E-state index contributed by atoms with van der Waals surface area (Å²) in [6.45, 7) is 2.64. The number of carbonyl (C=O) groups excluding carboxylic acids is 2. The zero-order chi connectivity index (χ0) is 31.4. The lowest BCUT2D eigenvalue weighted by Gasteiger charge is -2.33. The van der Waals surface area contributed by atoms with Crippen LogP contribution in [0.3, 0.4) is 0 Å². The fourth-order valence-corrected chi connectivity index (χ4v) is 6.39. The summed E-state index contributed by atoms with van der Waals surface area (Å²) < 4.78 is 24.3. The number of nitrogens with two attached hydrogens (primary N) is 1. The smallest absolute Gasteiger partial charge is 0.254 e. The van der Waals surface area contributed by atoms with E-state index in [4.69, 9.17) is 20.4 Å². The molecule has 1 aliphatic carbocycles. The number of nitrogens with zero attached hydrogens (tertiary/aromatic N) is 5. The fourth-order valence-electron chi connectivity index (χ4n) is 6.39. The van der Waals surface area contributed by atoms with Crippen molar-refractivity contribution in [1.29, 1.82) is 0 Å². The van der Waals surface area contributed by atoms with Gasteiger partial charge in [0.25, 0.3) is 5.91 Å². The molecule has 2 fully saturated rings. The van der Waals surface area contributed by atoms with E-state index in [1.165, 1.54) is 24.7 Å². The van der Waals surface area contributed by atoms with Crippen LogP contribution in [0.25, 0.3) is 44.8 Å². The van der Waals surface area contributed by atoms with E-state index in [2.05, 4.69) is 22.0 Å². The van der Waals surface area contributed by atoms with Gasteiger partial charge in [-0.15, -0.1) is 0 Å². The van der Waals surface area contributed by atoms with Crippen molar-refractivity contribution in [2.24, 2.45) is 18.7 Å². The standard InChI is InChI=1S/C34H36FN7O3/c1-19(43)37-26-9-6-21(7-10-26)27-11-8-22-13-29(42(32(22)38-27)16-20-4-5-20)33-39-28-12-23(14-30(45-3)31(28)40(33)2)34(44)41-17-24(35)15-25(36)18-41/h6-14,20,24-25H,4-5,15-18,36H2,1-3H3,(H,37,43)/t24-,25-/m1/s1. The number of pyridine rings is 1. The monoisotopic (exact) mass is 609 g/mol. The zero-order valence-corrected chi connectivity index (χ0v) is 25.6. The second-order valence-corrected chi connectivity index (χ2v) is 12.3. The average molecular weight is 610 g/mol. The molecule has 2 aromatic carbocycles. The average Bonchev–Trinajstić information content (AvgIpc) is 3.69. The molecule has 45 heavy (non-hydrogen) atoms. The first kappa shape index (κ1) is 29.0. The molecule has 0 spiro atoms. The number of rotatable bonds is 7. The molecule has 232 valence electrons. The van der Waals surface area contributed by atoms with Gasteiger partial charge in [-0.05, 0) is 67.6 Å². The van der Waals surface area contributed by atoms with Crippen LogP contribution in [-0.2, 0) is 18.4 Å². The molecule has 3 aromatic heterocycles. The Kier molecular flexibility index (Phi) is 7.27. The Morgan fingerprint density at radius 2 is 1.84 bits per heavy atom. The number of anilines is 1. The topological polar surface area (TPSA) is 120 Å². The number of imidazole rings is 1. The van der Waals surface area contributed by atoms with E-state index in [0.29, 0.717) is 29.3 Å². The third kappa shape index (κ3) is 5.52. The quantitative estimate of drug-likeness (QED) is 0.264. The number of carbonyl (C=O) groups is 2. The Labute approximate surface area is 260 Å². The fraction of sp³-hybridized carbons (Fsp3) is 0.353. The Hall–Kier alpha value is -4.77. The summed E-state index contributed by atoms with van der Waals surface area (Å²) in [6.07, 6.45) is 1.46. The molecular formula is C34H36FN7O3. The van der Waals surface area contributed by atoms with Crippen LogP contribution < -0.4 is 15.8 Å². The molecule has 2 aliphatic rings. The largest absolute Gasteiger partial charge is 0.494 e. The van der Waals surface area contributed by atoms with Crippen LogP contribution in [-0.4, -0.2) is 68.2 Å². The number of fused-ring (bicyclic) bond motifs is 2. The lowest BCUT2D eigenvalue weighted by molar-refractivity contribution is -0.114. The highest BCUT2D eigenvalue weighted by Gasteiger charge is 2.30. The van der Waals surface area contributed by atoms with Crippen molar-refractivity contribution in [2.75, 3.05) is 25.5 Å². The first-order chi connectivity index (χ1) is 21.7. The predicted octanol–water partition coefficient (Wildman–Crippen LogP) is 5.15. The van der Waals surface area contributed by atoms with Crippen molar-refractivity contribution in [1.82, 2.24) is 24.0 Å². The van der Waals surface area contributed by atoms with Crippen LogP contribution in [0.5, 0.6) is 5.75 Å². The van der Waals surface area contributed by atoms with Crippen molar-refractivity contribution in [3.63, 3.8) is 0 Å². The molecule has 10 nitrogen and oxygen atoms in total. The summed E-state index contributed by atoms with van der Waals surface area (Å²) in [5.74, 6) is 1.42. The SMILES string of the molecule is COc1cc(C(=O)N2C[C@H](N)C[C@@H](F)C2)cc2nc(-c3cc4ccc(-c5ccc(NC(C)=O)cc5)nc4n3CC3CC3)n(C)c12. The number of likely N-dealkylation sites (tertiary alicyclic amines) is 1. The van der Waals surface area contributed by atoms with Gasteiger partial charge in [0.2, 0.25) is 5.91 Å². The number of aromatic nitrogens is 4. The number of benzene rings is 2. The number of methoxy groups -OCH3 is 1. The Morgan fingerprint density at radius 1 is 1.07 bits per heavy atom. The minimum absolute atomic E-state index is 0.0239. The minimum atomic E-state index is -1.14. The van der Waals surface area contributed by atoms with Gasteiger partial charge < -0.3 is 29.8 Å². The molecule has 0 bridgehead atoms. The molecule has 2 amide bonds. The molecule has 2 atom stereocenters. The van der Waals surface area contributed by atoms with Gasteiger partial charge in [0.15, 0.2) is 5.82 Å². The molecule has 1 aliphatic heterocycles. The van der Waals surface area contributed by atoms with Crippen LogP contribution in [0, 0.1) is 5.92 Å². The van der Waals surface area contributed by atoms with Crippen LogP contribution >= 0.6 is 0 Å². The number of amides is 2. The van der Waals surface area contributed by atoms with Gasteiger partial charge in [-0.25, -0.2) is 14.4 Å². The molecule has 0 unspecified atom stereocenters. The van der Waals surface area contributed by atoms with Crippen LogP contribution in [0.4, 0.5) is 10.1 Å². The Morgan fingerprint density at radius 3 is 2.53 bits per heavy atom. The summed E-state index contributed by atoms with van der Waals surface area (Å²) in [5, 5.41) is 3.80. The summed E-state index contributed by atoms with van der Waals surface area (Å²) in [6, 6.07) is 16.9. The number of halogens is 1. The molecule has 1 saturated carbocycles. The first-order valence-electron chi connectivity index (χ1n) is 15.3. The lowest BCUT2D eigenvalue weighted by Crippen LogP contribution is -2.50. The molecule has 7 rings (SSSR count). The number of hydrogen-bond donors (Lipinski definition) is 2. The van der Waals surface area contributed by atoms with Gasteiger partial charge in [-0.2, -0.15) is 0 Å². The van der Waals surface area contributed by atoms with E-state index >= 15 is 0 Å². The first-order valence-corrected chi connectivity index (χ1v) is 15.3. The van der Waals surface area contributed by atoms with Crippen molar-refractivity contribution < 1.29 is 18.7 Å². The van der Waals surface area contributed by atoms with Crippen molar-refractivity contribution in [2.45, 2.75) is 44.9 Å². The molecule has 3 N–H and O–H groups in total. The highest BCUT2D eigenvalue weighted by Crippen LogP contribution is 2.38. The van der Waals surface area contributed by atoms with Gasteiger partial charge in [-0.3, -0.25) is 9.59 Å². The number of nitrogens with one attached hydrogen (secondary N) is 1. The minimum Gasteiger partial charge on any atom is -0.494 e. The van der Waals surface area contributed by atoms with Gasteiger partial charge in [0.1, 0.15) is 23.1 Å². The zero-order valence-electron chi connectivity index (χ0n) is 25.6. The molecule has 0 radical (unpaired) electrons. The number of hydrogen-bond acceptors (Lipinski definition) is 6. The Bertz CT molecular complexity index is 1930. The highest BCUT2D eigenvalue weighted by molar-refractivity contribution is 6.00. The predicted molar refractivity (Wildman–Crippen MR) is 172 cm³/mol. The van der Waals surface area contributed by atoms with Crippen molar-refractivity contribution >= 4 is 39.6 Å². The summed E-state index contributed by atoms with van der Waals surface area (Å²) >= 11 is 0. The van der Waals surface area contributed by atoms with Gasteiger partial charge in [-0.1, -0.05) is 12.1 Å². The van der Waals surface area contributed by atoms with Gasteiger partial charge in [0, 0.05) is 55.3 Å². The maximum absolute atomic E-state index is 14.3. The second-order valence-electron chi connectivity index (χ2n) is 12.3. The summed E-state index contributed by atoms with van der Waals surface area (Å²) in [4.78, 5) is 36.5. The number of aryl methyl sites for hydroxylation is 1. The van der Waals surface area contributed by atoms with Crippen LogP contribution in [0.15, 0.2) is 54.6 Å². The van der Waals surface area contributed by atoms with E-state index in [-0.39, 0.29) is 24.8 Å². The maximum Gasteiger partial charge on any atom is 0.254 e. The van der Waals surface area contributed by atoms with E-state index in [1.807, 2.05) is 41.9 Å². The van der Waals surface area contributed by atoms with E-state index in [9.17, 15) is 14.0 Å². The summed E-state index contributed by atoms with van der Waals surface area (Å²) in [7, 11) is 3.52. The number of alkyl halides is 1. The molecule has 4 heterocycles. The van der Waals surface area contributed by atoms with Crippen LogP contribution in [0.2, 0.25) is 0 Å². The summed E-state index contributed by atoms with van der Waals surface area (Å²) in [5.41, 5.74) is 12.1. The van der Waals surface area contributed by atoms with Crippen LogP contribution in [0.1, 0.15) is 36.5 Å². The van der Waals surface area contributed by atoms with Gasteiger partial charge >= 0.3 is 0 Å². The molecule has 1 saturated heterocycles. The van der Waals surface area contributed by atoms with Crippen molar-refractivity contribution in [3.05, 3.63) is 60.2 Å². The second kappa shape index (κ2) is 11.3.